The summed E-state index contributed by atoms with van der Waals surface area (Å²) in [4.78, 5) is 16.8. The van der Waals surface area contributed by atoms with Crippen molar-refractivity contribution in [1.82, 2.24) is 19.6 Å². The van der Waals surface area contributed by atoms with Gasteiger partial charge in [-0.25, -0.2) is 0 Å². The third-order valence-electron chi connectivity index (χ3n) is 5.77. The minimum absolute atomic E-state index is 0.181. The first-order valence-electron chi connectivity index (χ1n) is 9.97. The molecule has 2 fully saturated rings. The summed E-state index contributed by atoms with van der Waals surface area (Å²) in [7, 11) is 0. The fourth-order valence-electron chi connectivity index (χ4n) is 4.25. The van der Waals surface area contributed by atoms with Crippen molar-refractivity contribution in [2.45, 2.75) is 38.3 Å². The quantitative estimate of drug-likeness (QED) is 0.764. The number of nitrogens with zero attached hydrogens (tertiary/aromatic N) is 4. The molecule has 2 saturated heterocycles. The molecule has 1 aromatic rings. The molecule has 0 N–H and O–H groups in total. The monoisotopic (exact) mass is 362 g/mol. The van der Waals surface area contributed by atoms with Gasteiger partial charge in [0, 0.05) is 52.2 Å². The fourth-order valence-corrected chi connectivity index (χ4v) is 4.25. The lowest BCUT2D eigenvalue weighted by Crippen LogP contribution is -2.45. The molecule has 0 aliphatic carbocycles. The number of aromatic nitrogens is 2. The first kappa shape index (κ1) is 17.9. The van der Waals surface area contributed by atoms with Gasteiger partial charge in [0.2, 0.25) is 5.91 Å². The molecule has 0 bridgehead atoms. The molecule has 1 atom stereocenters. The fraction of sp³-hybridized carbons (Fsp3) is 0.789. The molecule has 4 heterocycles. The van der Waals surface area contributed by atoms with Gasteiger partial charge in [0.15, 0.2) is 0 Å². The summed E-state index contributed by atoms with van der Waals surface area (Å²) >= 11 is 0. The molecule has 0 unspecified atom stereocenters. The largest absolute Gasteiger partial charge is 0.381 e. The van der Waals surface area contributed by atoms with Crippen molar-refractivity contribution in [2.75, 3.05) is 52.6 Å². The predicted octanol–water partition coefficient (Wildman–Crippen LogP) is 1.31. The van der Waals surface area contributed by atoms with Crippen LogP contribution in [0.15, 0.2) is 12.3 Å². The van der Waals surface area contributed by atoms with E-state index in [9.17, 15) is 4.79 Å². The van der Waals surface area contributed by atoms with Crippen LogP contribution in [-0.4, -0.2) is 78.1 Å². The molecule has 3 aliphatic rings. The summed E-state index contributed by atoms with van der Waals surface area (Å²) in [6.07, 6.45) is 6.32. The Morgan fingerprint density at radius 3 is 2.85 bits per heavy atom. The van der Waals surface area contributed by atoms with Crippen LogP contribution in [0.2, 0.25) is 0 Å². The van der Waals surface area contributed by atoms with E-state index < -0.39 is 0 Å². The maximum absolute atomic E-state index is 12.5. The van der Waals surface area contributed by atoms with Crippen LogP contribution in [0, 0.1) is 5.92 Å². The SMILES string of the molecule is O=C(CN1Cc2ccnn2[C@H](COCC2CCOCC2)C1)N1CCCC1. The van der Waals surface area contributed by atoms with E-state index >= 15 is 0 Å². The molecular formula is C19H30N4O3. The molecule has 3 aliphatic heterocycles. The van der Waals surface area contributed by atoms with Crippen LogP contribution < -0.4 is 0 Å². The zero-order valence-electron chi connectivity index (χ0n) is 15.5. The van der Waals surface area contributed by atoms with Gasteiger partial charge in [-0.15, -0.1) is 0 Å². The molecule has 0 aromatic carbocycles. The molecular weight excluding hydrogens is 332 g/mol. The maximum atomic E-state index is 12.5. The van der Waals surface area contributed by atoms with Crippen molar-refractivity contribution in [2.24, 2.45) is 5.92 Å². The van der Waals surface area contributed by atoms with Crippen LogP contribution in [0.3, 0.4) is 0 Å². The van der Waals surface area contributed by atoms with E-state index in [1.165, 1.54) is 5.69 Å². The van der Waals surface area contributed by atoms with E-state index in [4.69, 9.17) is 9.47 Å². The van der Waals surface area contributed by atoms with Crippen molar-refractivity contribution < 1.29 is 14.3 Å². The van der Waals surface area contributed by atoms with E-state index in [0.29, 0.717) is 19.1 Å². The van der Waals surface area contributed by atoms with Crippen LogP contribution in [0.5, 0.6) is 0 Å². The Bertz CT molecular complexity index is 593. The van der Waals surface area contributed by atoms with Crippen LogP contribution in [0.4, 0.5) is 0 Å². The van der Waals surface area contributed by atoms with Crippen LogP contribution in [0.1, 0.15) is 37.4 Å². The summed E-state index contributed by atoms with van der Waals surface area (Å²) in [6, 6.07) is 2.23. The molecule has 1 aromatic heterocycles. The second-order valence-electron chi connectivity index (χ2n) is 7.77. The first-order chi connectivity index (χ1) is 12.8. The number of fused-ring (bicyclic) bond motifs is 1. The number of rotatable bonds is 6. The molecule has 0 saturated carbocycles. The average Bonchev–Trinajstić information content (AvgIpc) is 3.34. The Morgan fingerprint density at radius 1 is 1.23 bits per heavy atom. The van der Waals surface area contributed by atoms with E-state index in [0.717, 1.165) is 71.7 Å². The van der Waals surface area contributed by atoms with E-state index in [2.05, 4.69) is 20.7 Å². The van der Waals surface area contributed by atoms with Gasteiger partial charge < -0.3 is 14.4 Å². The number of carbonyl (C=O) groups is 1. The highest BCUT2D eigenvalue weighted by atomic mass is 16.5. The van der Waals surface area contributed by atoms with Crippen molar-refractivity contribution >= 4 is 5.91 Å². The van der Waals surface area contributed by atoms with Gasteiger partial charge >= 0.3 is 0 Å². The second kappa shape index (κ2) is 8.50. The number of carbonyl (C=O) groups excluding carboxylic acids is 1. The number of likely N-dealkylation sites (tertiary alicyclic amines) is 1. The van der Waals surface area contributed by atoms with E-state index in [-0.39, 0.29) is 11.9 Å². The summed E-state index contributed by atoms with van der Waals surface area (Å²) in [5.41, 5.74) is 1.17. The lowest BCUT2D eigenvalue weighted by atomic mass is 10.0. The van der Waals surface area contributed by atoms with Gasteiger partial charge in [-0.2, -0.15) is 5.10 Å². The first-order valence-corrected chi connectivity index (χ1v) is 9.97. The highest BCUT2D eigenvalue weighted by Gasteiger charge is 2.29. The highest BCUT2D eigenvalue weighted by Crippen LogP contribution is 2.22. The minimum Gasteiger partial charge on any atom is -0.381 e. The second-order valence-corrected chi connectivity index (χ2v) is 7.77. The third-order valence-corrected chi connectivity index (χ3v) is 5.77. The Balaban J connectivity index is 1.31. The Labute approximate surface area is 155 Å². The molecule has 1 amide bonds. The maximum Gasteiger partial charge on any atom is 0.236 e. The van der Waals surface area contributed by atoms with Gasteiger partial charge in [-0.1, -0.05) is 0 Å². The van der Waals surface area contributed by atoms with E-state index in [1.807, 2.05) is 11.1 Å². The van der Waals surface area contributed by atoms with Crippen LogP contribution in [0.25, 0.3) is 0 Å². The van der Waals surface area contributed by atoms with Gasteiger partial charge in [0.1, 0.15) is 0 Å². The van der Waals surface area contributed by atoms with E-state index in [1.54, 1.807) is 0 Å². The number of hydrogen-bond donors (Lipinski definition) is 0. The molecule has 0 radical (unpaired) electrons. The zero-order chi connectivity index (χ0) is 17.8. The topological polar surface area (TPSA) is 59.8 Å². The van der Waals surface area contributed by atoms with Crippen molar-refractivity contribution in [3.8, 4) is 0 Å². The standard InChI is InChI=1S/C19H30N4O3/c24-19(22-7-1-2-8-22)13-21-11-17-3-6-20-23(17)18(12-21)15-26-14-16-4-9-25-10-5-16/h3,6,16,18H,1-2,4-5,7-15H2/t18-/m0/s1. The number of amides is 1. The zero-order valence-corrected chi connectivity index (χ0v) is 15.5. The van der Waals surface area contributed by atoms with Gasteiger partial charge in [0.25, 0.3) is 0 Å². The highest BCUT2D eigenvalue weighted by molar-refractivity contribution is 5.78. The van der Waals surface area contributed by atoms with Gasteiger partial charge in [0.05, 0.1) is 24.9 Å². The predicted molar refractivity (Wildman–Crippen MR) is 96.7 cm³/mol. The minimum atomic E-state index is 0.181. The van der Waals surface area contributed by atoms with Crippen LogP contribution >= 0.6 is 0 Å². The lowest BCUT2D eigenvalue weighted by Gasteiger charge is -2.34. The Morgan fingerprint density at radius 2 is 2.04 bits per heavy atom. The van der Waals surface area contributed by atoms with Gasteiger partial charge in [-0.05, 0) is 37.7 Å². The normalized spacial score (nSPS) is 24.8. The lowest BCUT2D eigenvalue weighted by molar-refractivity contribution is -0.132. The molecule has 26 heavy (non-hydrogen) atoms. The molecule has 0 spiro atoms. The van der Waals surface area contributed by atoms with Crippen LogP contribution in [-0.2, 0) is 20.8 Å². The van der Waals surface area contributed by atoms with Crippen molar-refractivity contribution in [1.29, 1.82) is 0 Å². The van der Waals surface area contributed by atoms with Crippen molar-refractivity contribution in [3.63, 3.8) is 0 Å². The molecule has 7 nitrogen and oxygen atoms in total. The molecule has 4 rings (SSSR count). The molecule has 144 valence electrons. The summed E-state index contributed by atoms with van der Waals surface area (Å²) in [5.74, 6) is 0.870. The average molecular weight is 362 g/mol. The summed E-state index contributed by atoms with van der Waals surface area (Å²) in [6.45, 7) is 7.11. The number of ether oxygens (including phenoxy) is 2. The Kier molecular flexibility index (Phi) is 5.87. The van der Waals surface area contributed by atoms with Crippen molar-refractivity contribution in [3.05, 3.63) is 18.0 Å². The summed E-state index contributed by atoms with van der Waals surface area (Å²) in [5, 5.41) is 4.49. The van der Waals surface area contributed by atoms with Gasteiger partial charge in [-0.3, -0.25) is 14.4 Å². The Hall–Kier alpha value is -1.44. The smallest absolute Gasteiger partial charge is 0.236 e. The molecule has 7 heteroatoms. The third kappa shape index (κ3) is 4.27. The summed E-state index contributed by atoms with van der Waals surface area (Å²) < 4.78 is 13.6. The number of hydrogen-bond acceptors (Lipinski definition) is 5.